The summed E-state index contributed by atoms with van der Waals surface area (Å²) in [5.74, 6) is 0.870. The van der Waals surface area contributed by atoms with Crippen LogP contribution >= 0.6 is 12.4 Å². The van der Waals surface area contributed by atoms with Crippen LogP contribution in [-0.2, 0) is 17.7 Å². The second kappa shape index (κ2) is 8.72. The SMILES string of the molecule is CC1CCC(N(CC2CCCO2)C(=O)c2n[nH]c3c2CNCC3)CC1.Cl. The number of rotatable bonds is 4. The summed E-state index contributed by atoms with van der Waals surface area (Å²) in [6.07, 6.45) is 7.90. The molecular formula is C19H31ClN4O2. The van der Waals surface area contributed by atoms with E-state index in [1.54, 1.807) is 0 Å². The molecule has 6 nitrogen and oxygen atoms in total. The molecule has 3 aliphatic rings. The summed E-state index contributed by atoms with van der Waals surface area (Å²) < 4.78 is 5.84. The van der Waals surface area contributed by atoms with Gasteiger partial charge in [-0.2, -0.15) is 5.10 Å². The second-order valence-corrected chi connectivity index (χ2v) is 7.96. The fourth-order valence-corrected chi connectivity index (χ4v) is 4.50. The molecule has 7 heteroatoms. The maximum atomic E-state index is 13.4. The minimum absolute atomic E-state index is 0. The molecular weight excluding hydrogens is 352 g/mol. The third-order valence-electron chi connectivity index (χ3n) is 6.12. The summed E-state index contributed by atoms with van der Waals surface area (Å²) in [4.78, 5) is 15.5. The Kier molecular flexibility index (Phi) is 6.59. The van der Waals surface area contributed by atoms with Gasteiger partial charge in [0.05, 0.1) is 6.10 Å². The highest BCUT2D eigenvalue weighted by atomic mass is 35.5. The van der Waals surface area contributed by atoms with Crippen LogP contribution in [0.4, 0.5) is 0 Å². The summed E-state index contributed by atoms with van der Waals surface area (Å²) in [5, 5.41) is 10.9. The summed E-state index contributed by atoms with van der Waals surface area (Å²) in [6.45, 7) is 5.55. The first-order valence-electron chi connectivity index (χ1n) is 9.91. The molecule has 1 aliphatic carbocycles. The maximum absolute atomic E-state index is 13.4. The van der Waals surface area contributed by atoms with Crippen molar-refractivity contribution in [2.75, 3.05) is 19.7 Å². The van der Waals surface area contributed by atoms with Crippen molar-refractivity contribution < 1.29 is 9.53 Å². The molecule has 1 atom stereocenters. The van der Waals surface area contributed by atoms with Gasteiger partial charge in [-0.1, -0.05) is 6.92 Å². The average molecular weight is 383 g/mol. The predicted molar refractivity (Wildman–Crippen MR) is 103 cm³/mol. The van der Waals surface area contributed by atoms with Gasteiger partial charge in [0.2, 0.25) is 0 Å². The van der Waals surface area contributed by atoms with Crippen molar-refractivity contribution in [3.8, 4) is 0 Å². The van der Waals surface area contributed by atoms with E-state index in [1.165, 1.54) is 12.8 Å². The molecule has 26 heavy (non-hydrogen) atoms. The van der Waals surface area contributed by atoms with Crippen molar-refractivity contribution in [1.29, 1.82) is 0 Å². The Hall–Kier alpha value is -1.11. The number of halogens is 1. The molecule has 0 aromatic carbocycles. The molecule has 146 valence electrons. The summed E-state index contributed by atoms with van der Waals surface area (Å²) >= 11 is 0. The number of carbonyl (C=O) groups is 1. The highest BCUT2D eigenvalue weighted by Gasteiger charge is 2.34. The van der Waals surface area contributed by atoms with E-state index in [0.717, 1.165) is 69.0 Å². The number of H-pyrrole nitrogens is 1. The van der Waals surface area contributed by atoms with Crippen molar-refractivity contribution in [2.45, 2.75) is 70.6 Å². The lowest BCUT2D eigenvalue weighted by Gasteiger charge is -2.37. The molecule has 0 bridgehead atoms. The van der Waals surface area contributed by atoms with E-state index in [0.29, 0.717) is 18.3 Å². The lowest BCUT2D eigenvalue weighted by Crippen LogP contribution is -2.46. The zero-order chi connectivity index (χ0) is 17.2. The van der Waals surface area contributed by atoms with Gasteiger partial charge >= 0.3 is 0 Å². The molecule has 0 radical (unpaired) electrons. The molecule has 1 amide bonds. The highest BCUT2D eigenvalue weighted by molar-refractivity contribution is 5.94. The number of hydrogen-bond acceptors (Lipinski definition) is 4. The van der Waals surface area contributed by atoms with E-state index >= 15 is 0 Å². The fraction of sp³-hybridized carbons (Fsp3) is 0.789. The third-order valence-corrected chi connectivity index (χ3v) is 6.12. The van der Waals surface area contributed by atoms with Crippen molar-refractivity contribution in [2.24, 2.45) is 5.92 Å². The third kappa shape index (κ3) is 4.07. The average Bonchev–Trinajstić information content (AvgIpc) is 3.29. The second-order valence-electron chi connectivity index (χ2n) is 7.96. The number of aromatic nitrogens is 2. The minimum Gasteiger partial charge on any atom is -0.376 e. The van der Waals surface area contributed by atoms with Gasteiger partial charge in [0, 0.05) is 50.0 Å². The van der Waals surface area contributed by atoms with Crippen LogP contribution in [0.2, 0.25) is 0 Å². The largest absolute Gasteiger partial charge is 0.376 e. The first-order chi connectivity index (χ1) is 12.2. The van der Waals surface area contributed by atoms with Gasteiger partial charge in [-0.3, -0.25) is 9.89 Å². The van der Waals surface area contributed by atoms with E-state index in [-0.39, 0.29) is 24.4 Å². The number of nitrogens with one attached hydrogen (secondary N) is 2. The van der Waals surface area contributed by atoms with Crippen molar-refractivity contribution in [3.63, 3.8) is 0 Å². The number of fused-ring (bicyclic) bond motifs is 1. The monoisotopic (exact) mass is 382 g/mol. The molecule has 3 heterocycles. The number of hydrogen-bond donors (Lipinski definition) is 2. The summed E-state index contributed by atoms with van der Waals surface area (Å²) in [7, 11) is 0. The van der Waals surface area contributed by atoms with Crippen LogP contribution in [0, 0.1) is 5.92 Å². The Morgan fingerprint density at radius 3 is 2.81 bits per heavy atom. The number of nitrogens with zero attached hydrogens (tertiary/aromatic N) is 2. The normalized spacial score (nSPS) is 28.3. The maximum Gasteiger partial charge on any atom is 0.275 e. The van der Waals surface area contributed by atoms with E-state index < -0.39 is 0 Å². The Morgan fingerprint density at radius 2 is 2.08 bits per heavy atom. The van der Waals surface area contributed by atoms with Crippen molar-refractivity contribution in [3.05, 3.63) is 17.0 Å². The van der Waals surface area contributed by atoms with Gasteiger partial charge in [0.1, 0.15) is 0 Å². The zero-order valence-corrected chi connectivity index (χ0v) is 16.4. The molecule has 1 saturated heterocycles. The topological polar surface area (TPSA) is 70.2 Å². The number of aromatic amines is 1. The van der Waals surface area contributed by atoms with E-state index in [1.807, 2.05) is 0 Å². The van der Waals surface area contributed by atoms with Gasteiger partial charge in [-0.15, -0.1) is 12.4 Å². The molecule has 4 rings (SSSR count). The number of ether oxygens (including phenoxy) is 1. The van der Waals surface area contributed by atoms with Gasteiger partial charge in [0.25, 0.3) is 5.91 Å². The molecule has 1 aromatic rings. The van der Waals surface area contributed by atoms with E-state index in [9.17, 15) is 4.79 Å². The number of amides is 1. The first kappa shape index (κ1) is 19.6. The summed E-state index contributed by atoms with van der Waals surface area (Å²) in [5.41, 5.74) is 2.81. The minimum atomic E-state index is 0. The number of carbonyl (C=O) groups excluding carboxylic acids is 1. The van der Waals surface area contributed by atoms with Crippen molar-refractivity contribution in [1.82, 2.24) is 20.4 Å². The van der Waals surface area contributed by atoms with Crippen LogP contribution in [0.15, 0.2) is 0 Å². The lowest BCUT2D eigenvalue weighted by atomic mass is 9.86. The van der Waals surface area contributed by atoms with E-state index in [4.69, 9.17) is 4.74 Å². The molecule has 2 aliphatic heterocycles. The van der Waals surface area contributed by atoms with Gasteiger partial charge < -0.3 is 15.0 Å². The fourth-order valence-electron chi connectivity index (χ4n) is 4.50. The van der Waals surface area contributed by atoms with Crippen LogP contribution in [0.25, 0.3) is 0 Å². The van der Waals surface area contributed by atoms with Crippen molar-refractivity contribution >= 4 is 18.3 Å². The highest BCUT2D eigenvalue weighted by Crippen LogP contribution is 2.30. The van der Waals surface area contributed by atoms with Gasteiger partial charge in [0.15, 0.2) is 5.69 Å². The molecule has 1 saturated carbocycles. The first-order valence-corrected chi connectivity index (χ1v) is 9.91. The van der Waals surface area contributed by atoms with Gasteiger partial charge in [-0.05, 0) is 44.4 Å². The lowest BCUT2D eigenvalue weighted by molar-refractivity contribution is 0.0336. The summed E-state index contributed by atoms with van der Waals surface area (Å²) in [6, 6.07) is 0.330. The predicted octanol–water partition coefficient (Wildman–Crippen LogP) is 2.68. The van der Waals surface area contributed by atoms with E-state index in [2.05, 4.69) is 27.3 Å². The molecule has 2 N–H and O–H groups in total. The quantitative estimate of drug-likeness (QED) is 0.839. The van der Waals surface area contributed by atoms with Crippen LogP contribution < -0.4 is 5.32 Å². The van der Waals surface area contributed by atoms with Crippen LogP contribution in [0.3, 0.4) is 0 Å². The van der Waals surface area contributed by atoms with Crippen LogP contribution in [-0.4, -0.2) is 52.8 Å². The smallest absolute Gasteiger partial charge is 0.275 e. The molecule has 1 unspecified atom stereocenters. The molecule has 2 fully saturated rings. The Bertz CT molecular complexity index is 607. The zero-order valence-electron chi connectivity index (χ0n) is 15.6. The Balaban J connectivity index is 0.00000196. The standard InChI is InChI=1S/C19H30N4O2.ClH/c1-13-4-6-14(7-5-13)23(12-15-3-2-10-25-15)19(24)18-16-11-20-9-8-17(16)21-22-18;/h13-15,20H,2-12H2,1H3,(H,21,22);1H. The molecule has 0 spiro atoms. The Labute approximate surface area is 161 Å². The van der Waals surface area contributed by atoms with Crippen LogP contribution in [0.1, 0.15) is 67.2 Å². The van der Waals surface area contributed by atoms with Crippen LogP contribution in [0.5, 0.6) is 0 Å². The van der Waals surface area contributed by atoms with Gasteiger partial charge in [-0.25, -0.2) is 0 Å². The molecule has 1 aromatic heterocycles. The Morgan fingerprint density at radius 1 is 1.27 bits per heavy atom.